The highest BCUT2D eigenvalue weighted by atomic mass is 35.5. The van der Waals surface area contributed by atoms with E-state index in [0.717, 1.165) is 29.9 Å². The van der Waals surface area contributed by atoms with E-state index >= 15 is 0 Å². The first-order chi connectivity index (χ1) is 15.4. The minimum absolute atomic E-state index is 0.260. The highest BCUT2D eigenvalue weighted by molar-refractivity contribution is 6.31. The van der Waals surface area contributed by atoms with Crippen LogP contribution in [0.5, 0.6) is 11.5 Å². The molecule has 0 spiro atoms. The molecule has 4 aliphatic carbocycles. The Labute approximate surface area is 195 Å². The molecule has 1 N–H and O–H groups in total. The molecule has 2 aromatic rings. The number of benzene rings is 2. The molecule has 0 aromatic heterocycles. The Hall–Kier alpha value is -1.78. The summed E-state index contributed by atoms with van der Waals surface area (Å²) >= 11 is 6.12. The van der Waals surface area contributed by atoms with Crippen molar-refractivity contribution in [2.24, 2.45) is 23.2 Å². The number of ether oxygens (including phenoxy) is 2. The summed E-state index contributed by atoms with van der Waals surface area (Å²) < 4.78 is 24.8. The fourth-order valence-electron chi connectivity index (χ4n) is 6.93. The van der Waals surface area contributed by atoms with Crippen LogP contribution in [0.25, 0.3) is 0 Å². The number of hydrogen-bond donors (Lipinski definition) is 1. The van der Waals surface area contributed by atoms with Crippen molar-refractivity contribution >= 4 is 11.6 Å². The first-order valence-electron chi connectivity index (χ1n) is 11.9. The highest BCUT2D eigenvalue weighted by Gasteiger charge is 2.52. The number of hydrogen-bond acceptors (Lipinski definition) is 3. The smallest absolute Gasteiger partial charge is 0.161 e. The second-order valence-corrected chi connectivity index (χ2v) is 10.8. The van der Waals surface area contributed by atoms with Gasteiger partial charge < -0.3 is 14.8 Å². The summed E-state index contributed by atoms with van der Waals surface area (Å²) in [6.07, 6.45) is 8.68. The second kappa shape index (κ2) is 8.87. The van der Waals surface area contributed by atoms with Crippen molar-refractivity contribution in [1.29, 1.82) is 0 Å². The molecule has 0 unspecified atom stereocenters. The van der Waals surface area contributed by atoms with E-state index in [1.54, 1.807) is 13.2 Å². The molecule has 5 heteroatoms. The molecule has 0 radical (unpaired) electrons. The predicted octanol–water partition coefficient (Wildman–Crippen LogP) is 6.76. The third kappa shape index (κ3) is 4.36. The van der Waals surface area contributed by atoms with E-state index in [9.17, 15) is 4.39 Å². The Bertz CT molecular complexity index is 943. The van der Waals surface area contributed by atoms with Crippen molar-refractivity contribution in [3.05, 3.63) is 58.4 Å². The lowest BCUT2D eigenvalue weighted by Crippen LogP contribution is -2.54. The minimum Gasteiger partial charge on any atom is -0.493 e. The van der Waals surface area contributed by atoms with Gasteiger partial charge in [0.2, 0.25) is 0 Å². The highest BCUT2D eigenvalue weighted by Crippen LogP contribution is 2.61. The first-order valence-corrected chi connectivity index (χ1v) is 12.3. The number of halogens is 2. The molecule has 4 saturated carbocycles. The zero-order valence-corrected chi connectivity index (χ0v) is 19.8. The summed E-state index contributed by atoms with van der Waals surface area (Å²) in [5, 5.41) is 4.21. The minimum atomic E-state index is -0.351. The second-order valence-electron chi connectivity index (χ2n) is 10.4. The Morgan fingerprint density at radius 2 is 1.72 bits per heavy atom. The number of nitrogens with one attached hydrogen (secondary N) is 1. The first kappa shape index (κ1) is 22.0. The maximum atomic E-state index is 13.3. The van der Waals surface area contributed by atoms with Crippen LogP contribution in [0.3, 0.4) is 0 Å². The largest absolute Gasteiger partial charge is 0.493 e. The maximum absolute atomic E-state index is 13.3. The van der Waals surface area contributed by atoms with E-state index in [1.807, 2.05) is 12.1 Å². The SMILES string of the molecule is COc1cc(CN[C@@H](C)C23CC4CC(CC(C4)C2)C3)ccc1OCc1ccc(F)cc1Cl. The molecule has 0 amide bonds. The van der Waals surface area contributed by atoms with Crippen LogP contribution in [0.4, 0.5) is 4.39 Å². The Morgan fingerprint density at radius 1 is 1.03 bits per heavy atom. The van der Waals surface area contributed by atoms with Gasteiger partial charge in [0.15, 0.2) is 11.5 Å². The van der Waals surface area contributed by atoms with E-state index < -0.39 is 0 Å². The summed E-state index contributed by atoms with van der Waals surface area (Å²) in [6, 6.07) is 10.9. The fourth-order valence-corrected chi connectivity index (χ4v) is 7.15. The van der Waals surface area contributed by atoms with Crippen LogP contribution < -0.4 is 14.8 Å². The molecule has 32 heavy (non-hydrogen) atoms. The molecule has 4 bridgehead atoms. The quantitative estimate of drug-likeness (QED) is 0.475. The predicted molar refractivity (Wildman–Crippen MR) is 126 cm³/mol. The van der Waals surface area contributed by atoms with Crippen LogP contribution >= 0.6 is 11.6 Å². The van der Waals surface area contributed by atoms with E-state index in [-0.39, 0.29) is 12.4 Å². The molecule has 0 saturated heterocycles. The molecule has 0 aliphatic heterocycles. The van der Waals surface area contributed by atoms with Gasteiger partial charge in [0.25, 0.3) is 0 Å². The van der Waals surface area contributed by atoms with Gasteiger partial charge in [-0.15, -0.1) is 0 Å². The third-order valence-corrected chi connectivity index (χ3v) is 8.59. The van der Waals surface area contributed by atoms with E-state index in [2.05, 4.69) is 18.3 Å². The molecular weight excluding hydrogens is 425 g/mol. The van der Waals surface area contributed by atoms with Gasteiger partial charge in [-0.25, -0.2) is 4.39 Å². The van der Waals surface area contributed by atoms with Crippen LogP contribution in [0.1, 0.15) is 56.6 Å². The monoisotopic (exact) mass is 457 g/mol. The molecule has 4 aliphatic rings. The summed E-state index contributed by atoms with van der Waals surface area (Å²) in [5.74, 6) is 3.91. The van der Waals surface area contributed by atoms with Gasteiger partial charge in [-0.3, -0.25) is 0 Å². The van der Waals surface area contributed by atoms with Crippen molar-refractivity contribution in [2.75, 3.05) is 7.11 Å². The molecular formula is C27H33ClFNO2. The number of rotatable bonds is 8. The van der Waals surface area contributed by atoms with Crippen LogP contribution in [-0.4, -0.2) is 13.2 Å². The topological polar surface area (TPSA) is 30.5 Å². The van der Waals surface area contributed by atoms with Gasteiger partial charge in [-0.2, -0.15) is 0 Å². The average molecular weight is 458 g/mol. The molecule has 1 atom stereocenters. The molecule has 4 fully saturated rings. The zero-order valence-electron chi connectivity index (χ0n) is 19.0. The normalized spacial score (nSPS) is 29.2. The molecule has 6 rings (SSSR count). The van der Waals surface area contributed by atoms with Gasteiger partial charge in [0.1, 0.15) is 12.4 Å². The lowest BCUT2D eigenvalue weighted by atomic mass is 9.48. The summed E-state index contributed by atoms with van der Waals surface area (Å²) in [6.45, 7) is 3.48. The molecule has 0 heterocycles. The maximum Gasteiger partial charge on any atom is 0.161 e. The standard InChI is InChI=1S/C27H33ClFNO2/c1-17(27-12-19-7-20(13-27)9-21(8-19)14-27)30-15-18-3-6-25(26(10-18)31-2)32-16-22-4-5-23(29)11-24(22)28/h3-6,10-11,17,19-21,30H,7-9,12-16H2,1-2H3/t17-,19?,20?,21?,27?/m0/s1. The van der Waals surface area contributed by atoms with Gasteiger partial charge in [-0.05, 0) is 98.4 Å². The lowest BCUT2D eigenvalue weighted by molar-refractivity contribution is -0.0706. The Balaban J connectivity index is 1.21. The van der Waals surface area contributed by atoms with Crippen LogP contribution in [0.2, 0.25) is 5.02 Å². The summed E-state index contributed by atoms with van der Waals surface area (Å²) in [7, 11) is 1.66. The van der Waals surface area contributed by atoms with Crippen LogP contribution in [0.15, 0.2) is 36.4 Å². The van der Waals surface area contributed by atoms with Gasteiger partial charge in [-0.1, -0.05) is 23.7 Å². The number of methoxy groups -OCH3 is 1. The Kier molecular flexibility index (Phi) is 6.11. The lowest BCUT2D eigenvalue weighted by Gasteiger charge is -2.59. The molecule has 2 aromatic carbocycles. The van der Waals surface area contributed by atoms with Gasteiger partial charge in [0, 0.05) is 18.2 Å². The Morgan fingerprint density at radius 3 is 2.34 bits per heavy atom. The van der Waals surface area contributed by atoms with Gasteiger partial charge >= 0.3 is 0 Å². The van der Waals surface area contributed by atoms with Crippen molar-refractivity contribution in [3.63, 3.8) is 0 Å². The zero-order chi connectivity index (χ0) is 22.3. The summed E-state index contributed by atoms with van der Waals surface area (Å²) in [5.41, 5.74) is 2.42. The van der Waals surface area contributed by atoms with Gasteiger partial charge in [0.05, 0.1) is 12.1 Å². The van der Waals surface area contributed by atoms with Crippen LogP contribution in [0, 0.1) is 29.0 Å². The fraction of sp³-hybridized carbons (Fsp3) is 0.556. The van der Waals surface area contributed by atoms with Crippen molar-refractivity contribution in [1.82, 2.24) is 5.32 Å². The molecule has 172 valence electrons. The molecule has 3 nitrogen and oxygen atoms in total. The third-order valence-electron chi connectivity index (χ3n) is 8.24. The van der Waals surface area contributed by atoms with E-state index in [1.165, 1.54) is 56.2 Å². The van der Waals surface area contributed by atoms with Crippen molar-refractivity contribution < 1.29 is 13.9 Å². The van der Waals surface area contributed by atoms with Crippen molar-refractivity contribution in [2.45, 2.75) is 64.6 Å². The van der Waals surface area contributed by atoms with E-state index in [4.69, 9.17) is 21.1 Å². The summed E-state index contributed by atoms with van der Waals surface area (Å²) in [4.78, 5) is 0. The van der Waals surface area contributed by atoms with Crippen molar-refractivity contribution in [3.8, 4) is 11.5 Å². The van der Waals surface area contributed by atoms with E-state index in [0.29, 0.717) is 28.0 Å². The van der Waals surface area contributed by atoms with Crippen LogP contribution in [-0.2, 0) is 13.2 Å². The average Bonchev–Trinajstić information content (AvgIpc) is 2.76.